The number of nitrogens with zero attached hydrogens (tertiary/aromatic N) is 1. The van der Waals surface area contributed by atoms with E-state index in [0.29, 0.717) is 0 Å². The van der Waals surface area contributed by atoms with Crippen LogP contribution in [-0.4, -0.2) is 30.8 Å². The van der Waals surface area contributed by atoms with E-state index in [1.165, 1.54) is 9.13 Å². The number of nitrogens with one attached hydrogen (secondary N) is 1. The van der Waals surface area contributed by atoms with Crippen molar-refractivity contribution in [1.82, 2.24) is 9.88 Å². The van der Waals surface area contributed by atoms with Gasteiger partial charge in [-0.15, -0.1) is 0 Å². The zero-order chi connectivity index (χ0) is 19.4. The number of aromatic nitrogens is 1. The Morgan fingerprint density at radius 1 is 1.22 bits per heavy atom. The maximum Gasteiger partial charge on any atom is 0.224 e. The van der Waals surface area contributed by atoms with Crippen LogP contribution in [0.25, 0.3) is 10.9 Å². The molecular formula is C21H22FIN2O2. The van der Waals surface area contributed by atoms with Gasteiger partial charge in [0.15, 0.2) is 0 Å². The Morgan fingerprint density at radius 2 is 1.96 bits per heavy atom. The average Bonchev–Trinajstić information content (AvgIpc) is 2.93. The lowest BCUT2D eigenvalue weighted by atomic mass is 10.1. The molecule has 0 aliphatic rings. The number of carbonyl (C=O) groups is 1. The van der Waals surface area contributed by atoms with Crippen LogP contribution in [0.15, 0.2) is 42.5 Å². The van der Waals surface area contributed by atoms with Crippen LogP contribution in [0.4, 0.5) is 4.39 Å². The highest BCUT2D eigenvalue weighted by molar-refractivity contribution is 14.1. The van der Waals surface area contributed by atoms with E-state index in [1.807, 2.05) is 25.1 Å². The first-order valence-electron chi connectivity index (χ1n) is 8.76. The minimum Gasteiger partial charge on any atom is -0.497 e. The molecule has 1 N–H and O–H groups in total. The summed E-state index contributed by atoms with van der Waals surface area (Å²) in [5.41, 5.74) is 4.23. The Morgan fingerprint density at radius 3 is 2.63 bits per heavy atom. The quantitative estimate of drug-likeness (QED) is 0.515. The first-order chi connectivity index (χ1) is 13.0. The fourth-order valence-electron chi connectivity index (χ4n) is 3.27. The van der Waals surface area contributed by atoms with Gasteiger partial charge in [-0.25, -0.2) is 4.39 Å². The predicted molar refractivity (Wildman–Crippen MR) is 114 cm³/mol. The molecule has 27 heavy (non-hydrogen) atoms. The molecule has 1 amide bonds. The summed E-state index contributed by atoms with van der Waals surface area (Å²) in [5, 5.41) is 3.60. The Hall–Kier alpha value is -2.09. The van der Waals surface area contributed by atoms with Gasteiger partial charge in [0, 0.05) is 33.3 Å². The van der Waals surface area contributed by atoms with Crippen LogP contribution in [0.3, 0.4) is 0 Å². The van der Waals surface area contributed by atoms with Crippen molar-refractivity contribution in [2.24, 2.45) is 0 Å². The summed E-state index contributed by atoms with van der Waals surface area (Å²) in [4.78, 5) is 12.2. The van der Waals surface area contributed by atoms with Crippen LogP contribution in [-0.2, 0) is 17.8 Å². The van der Waals surface area contributed by atoms with E-state index in [1.54, 1.807) is 7.11 Å². The smallest absolute Gasteiger partial charge is 0.224 e. The van der Waals surface area contributed by atoms with Gasteiger partial charge in [-0.1, -0.05) is 12.1 Å². The van der Waals surface area contributed by atoms with Crippen molar-refractivity contribution >= 4 is 39.4 Å². The number of halogens is 2. The number of methoxy groups -OCH3 is 1. The molecule has 2 aromatic carbocycles. The number of fused-ring (bicyclic) bond motifs is 1. The molecule has 142 valence electrons. The summed E-state index contributed by atoms with van der Waals surface area (Å²) in [6.45, 7) is 2.23. The number of ether oxygens (including phenoxy) is 1. The lowest BCUT2D eigenvalue weighted by Crippen LogP contribution is -2.27. The molecule has 0 unspecified atom stereocenters. The van der Waals surface area contributed by atoms with Crippen LogP contribution >= 0.6 is 22.6 Å². The van der Waals surface area contributed by atoms with Gasteiger partial charge in [0.25, 0.3) is 0 Å². The Kier molecular flexibility index (Phi) is 6.36. The Bertz CT molecular complexity index is 951. The monoisotopic (exact) mass is 480 g/mol. The summed E-state index contributed by atoms with van der Waals surface area (Å²) >= 11 is 2.29. The van der Waals surface area contributed by atoms with Crippen molar-refractivity contribution < 1.29 is 13.9 Å². The molecule has 1 heterocycles. The van der Waals surface area contributed by atoms with Crippen molar-refractivity contribution in [3.8, 4) is 5.75 Å². The van der Waals surface area contributed by atoms with Crippen molar-refractivity contribution in [1.29, 1.82) is 0 Å². The van der Waals surface area contributed by atoms with E-state index >= 15 is 0 Å². The highest BCUT2D eigenvalue weighted by atomic mass is 127. The van der Waals surface area contributed by atoms with Crippen LogP contribution in [0.1, 0.15) is 16.8 Å². The van der Waals surface area contributed by atoms with Gasteiger partial charge in [0.2, 0.25) is 5.91 Å². The molecule has 0 bridgehead atoms. The van der Waals surface area contributed by atoms with Crippen LogP contribution in [0.5, 0.6) is 5.75 Å². The number of rotatable bonds is 7. The third-order valence-electron chi connectivity index (χ3n) is 4.67. The van der Waals surface area contributed by atoms with Gasteiger partial charge in [-0.05, 0) is 71.0 Å². The van der Waals surface area contributed by atoms with Gasteiger partial charge < -0.3 is 14.6 Å². The molecule has 0 spiro atoms. The zero-order valence-electron chi connectivity index (χ0n) is 15.4. The molecule has 0 saturated heterocycles. The van der Waals surface area contributed by atoms with E-state index in [4.69, 9.17) is 4.74 Å². The summed E-state index contributed by atoms with van der Waals surface area (Å²) in [6, 6.07) is 14.3. The average molecular weight is 480 g/mol. The van der Waals surface area contributed by atoms with Crippen LogP contribution in [0, 0.1) is 10.5 Å². The standard InChI is InChI=1S/C21H22FIN2O2/c1-14-18(12-21(26)24-10-9-22)19-11-17(27-2)7-8-20(19)25(14)13-15-3-5-16(23)6-4-15/h3-8,11H,9-10,12-13H2,1-2H3,(H,24,26). The normalized spacial score (nSPS) is 11.0. The Labute approximate surface area is 171 Å². The largest absolute Gasteiger partial charge is 0.497 e. The minimum absolute atomic E-state index is 0.0441. The van der Waals surface area contributed by atoms with E-state index in [-0.39, 0.29) is 18.9 Å². The molecule has 0 aliphatic heterocycles. The first kappa shape index (κ1) is 19.7. The van der Waals surface area contributed by atoms with Crippen molar-refractivity contribution in [2.45, 2.75) is 19.9 Å². The zero-order valence-corrected chi connectivity index (χ0v) is 17.5. The van der Waals surface area contributed by atoms with E-state index in [2.05, 4.69) is 56.7 Å². The fraction of sp³-hybridized carbons (Fsp3) is 0.286. The van der Waals surface area contributed by atoms with Gasteiger partial charge in [-0.3, -0.25) is 4.79 Å². The third-order valence-corrected chi connectivity index (χ3v) is 5.39. The highest BCUT2D eigenvalue weighted by Crippen LogP contribution is 2.30. The molecule has 4 nitrogen and oxygen atoms in total. The number of benzene rings is 2. The topological polar surface area (TPSA) is 43.3 Å². The second kappa shape index (κ2) is 8.73. The molecular weight excluding hydrogens is 458 g/mol. The lowest BCUT2D eigenvalue weighted by molar-refractivity contribution is -0.120. The number of hydrogen-bond donors (Lipinski definition) is 1. The summed E-state index contributed by atoms with van der Waals surface area (Å²) in [7, 11) is 1.63. The molecule has 0 radical (unpaired) electrons. The first-order valence-corrected chi connectivity index (χ1v) is 9.84. The van der Waals surface area contributed by atoms with Crippen molar-refractivity contribution in [3.63, 3.8) is 0 Å². The molecule has 3 aromatic rings. The molecule has 3 rings (SSSR count). The van der Waals surface area contributed by atoms with Crippen LogP contribution in [0.2, 0.25) is 0 Å². The lowest BCUT2D eigenvalue weighted by Gasteiger charge is -2.10. The number of amides is 1. The summed E-state index contributed by atoms with van der Waals surface area (Å²) in [5.74, 6) is 0.575. The minimum atomic E-state index is -0.562. The fourth-order valence-corrected chi connectivity index (χ4v) is 3.63. The number of hydrogen-bond acceptors (Lipinski definition) is 2. The molecule has 0 aliphatic carbocycles. The maximum absolute atomic E-state index is 12.4. The molecule has 0 fully saturated rings. The third kappa shape index (κ3) is 4.43. The maximum atomic E-state index is 12.4. The summed E-state index contributed by atoms with van der Waals surface area (Å²) < 4.78 is 21.1. The van der Waals surface area contributed by atoms with E-state index in [0.717, 1.165) is 34.5 Å². The second-order valence-electron chi connectivity index (χ2n) is 6.38. The Balaban J connectivity index is 2.03. The molecule has 0 saturated carbocycles. The predicted octanol–water partition coefficient (Wildman–Crippen LogP) is 4.24. The summed E-state index contributed by atoms with van der Waals surface area (Å²) in [6.07, 6.45) is 0.217. The van der Waals surface area contributed by atoms with Crippen molar-refractivity contribution in [2.75, 3.05) is 20.3 Å². The van der Waals surface area contributed by atoms with E-state index < -0.39 is 6.67 Å². The number of carbonyl (C=O) groups excluding carboxylic acids is 1. The van der Waals surface area contributed by atoms with Gasteiger partial charge in [0.1, 0.15) is 12.4 Å². The van der Waals surface area contributed by atoms with Gasteiger partial charge in [-0.2, -0.15) is 0 Å². The molecule has 1 aromatic heterocycles. The highest BCUT2D eigenvalue weighted by Gasteiger charge is 2.17. The van der Waals surface area contributed by atoms with Crippen LogP contribution < -0.4 is 10.1 Å². The number of alkyl halides is 1. The van der Waals surface area contributed by atoms with E-state index in [9.17, 15) is 9.18 Å². The van der Waals surface area contributed by atoms with Crippen molar-refractivity contribution in [3.05, 3.63) is 62.9 Å². The second-order valence-corrected chi connectivity index (χ2v) is 7.62. The van der Waals surface area contributed by atoms with Gasteiger partial charge in [0.05, 0.1) is 13.5 Å². The molecule has 6 heteroatoms. The SMILES string of the molecule is COc1ccc2c(c1)c(CC(=O)NCCF)c(C)n2Cc1ccc(I)cc1. The van der Waals surface area contributed by atoms with Gasteiger partial charge >= 0.3 is 0 Å². The molecule has 0 atom stereocenters.